The van der Waals surface area contributed by atoms with E-state index in [0.717, 1.165) is 5.56 Å². The second-order valence-electron chi connectivity index (χ2n) is 10.2. The summed E-state index contributed by atoms with van der Waals surface area (Å²) >= 11 is 0. The molecule has 0 bridgehead atoms. The van der Waals surface area contributed by atoms with Gasteiger partial charge in [0, 0.05) is 38.7 Å². The lowest BCUT2D eigenvalue weighted by atomic mass is 9.72. The molecule has 10 heteroatoms. The summed E-state index contributed by atoms with van der Waals surface area (Å²) in [4.78, 5) is 41.2. The van der Waals surface area contributed by atoms with Crippen LogP contribution in [-0.4, -0.2) is 66.7 Å². The van der Waals surface area contributed by atoms with Gasteiger partial charge in [0.15, 0.2) is 0 Å². The number of likely N-dealkylation sites (tertiary alicyclic amines) is 1. The number of hydrogen-bond acceptors (Lipinski definition) is 6. The number of benzene rings is 2. The summed E-state index contributed by atoms with van der Waals surface area (Å²) in [6, 6.07) is 13.9. The predicted molar refractivity (Wildman–Crippen MR) is 142 cm³/mol. The second kappa shape index (κ2) is 12.2. The number of carbonyl (C=O) groups excluding carboxylic acids is 3. The highest BCUT2D eigenvalue weighted by Gasteiger charge is 2.48. The van der Waals surface area contributed by atoms with Crippen LogP contribution in [0.25, 0.3) is 0 Å². The van der Waals surface area contributed by atoms with Gasteiger partial charge in [-0.2, -0.15) is 0 Å². The van der Waals surface area contributed by atoms with Crippen molar-refractivity contribution in [3.05, 3.63) is 66.0 Å². The highest BCUT2D eigenvalue weighted by atomic mass is 19.1. The van der Waals surface area contributed by atoms with Gasteiger partial charge in [0.2, 0.25) is 17.7 Å². The van der Waals surface area contributed by atoms with Crippen molar-refractivity contribution in [3.8, 4) is 5.75 Å². The van der Waals surface area contributed by atoms with Gasteiger partial charge in [-0.3, -0.25) is 14.4 Å². The van der Waals surface area contributed by atoms with Crippen molar-refractivity contribution in [2.24, 2.45) is 11.1 Å². The van der Waals surface area contributed by atoms with Crippen LogP contribution in [0.15, 0.2) is 54.6 Å². The van der Waals surface area contributed by atoms with Crippen molar-refractivity contribution < 1.29 is 23.5 Å². The molecule has 2 aromatic carbocycles. The molecule has 0 unspecified atom stereocenters. The molecule has 0 aromatic heterocycles. The Balaban J connectivity index is 1.82. The standard InChI is InChI=1S/C28H36FN5O4/c1-27(2,31)25(36)33-22(14-16-38-21-11-9-20(29)10-12-21)24(35)34-15-13-23(30)28(18-34,26(37)32-3)17-19-7-5-4-6-8-19/h4-12,22,30H,13-18,31H2,1-3H3,(H,32,37)(H,33,36)/t22-,28-/m1/s1. The number of halogens is 1. The molecule has 1 heterocycles. The summed E-state index contributed by atoms with van der Waals surface area (Å²) in [6.45, 7) is 3.38. The van der Waals surface area contributed by atoms with Gasteiger partial charge < -0.3 is 31.4 Å². The van der Waals surface area contributed by atoms with Crippen LogP contribution >= 0.6 is 0 Å². The van der Waals surface area contributed by atoms with Gasteiger partial charge in [-0.15, -0.1) is 0 Å². The summed E-state index contributed by atoms with van der Waals surface area (Å²) in [5, 5.41) is 14.1. The van der Waals surface area contributed by atoms with E-state index in [4.69, 9.17) is 15.9 Å². The van der Waals surface area contributed by atoms with Gasteiger partial charge in [-0.05, 0) is 50.1 Å². The summed E-state index contributed by atoms with van der Waals surface area (Å²) in [5.74, 6) is -1.21. The Morgan fingerprint density at radius 2 is 1.82 bits per heavy atom. The third-order valence-corrected chi connectivity index (χ3v) is 6.67. The number of nitrogens with one attached hydrogen (secondary N) is 3. The second-order valence-corrected chi connectivity index (χ2v) is 10.2. The Morgan fingerprint density at radius 1 is 1.16 bits per heavy atom. The van der Waals surface area contributed by atoms with Crippen molar-refractivity contribution in [2.45, 2.75) is 44.7 Å². The lowest BCUT2D eigenvalue weighted by Gasteiger charge is -2.43. The van der Waals surface area contributed by atoms with Crippen LogP contribution < -0.4 is 21.1 Å². The van der Waals surface area contributed by atoms with E-state index in [9.17, 15) is 18.8 Å². The third-order valence-electron chi connectivity index (χ3n) is 6.67. The maximum absolute atomic E-state index is 13.8. The number of piperidine rings is 1. The zero-order valence-electron chi connectivity index (χ0n) is 22.1. The molecule has 0 radical (unpaired) electrons. The highest BCUT2D eigenvalue weighted by molar-refractivity contribution is 6.09. The Kier molecular flexibility index (Phi) is 9.22. The topological polar surface area (TPSA) is 138 Å². The molecule has 2 aromatic rings. The van der Waals surface area contributed by atoms with E-state index >= 15 is 0 Å². The van der Waals surface area contributed by atoms with Crippen LogP contribution in [0, 0.1) is 16.6 Å². The molecule has 0 spiro atoms. The molecule has 38 heavy (non-hydrogen) atoms. The molecule has 9 nitrogen and oxygen atoms in total. The maximum atomic E-state index is 13.8. The van der Waals surface area contributed by atoms with E-state index < -0.39 is 28.7 Å². The third kappa shape index (κ3) is 6.95. The van der Waals surface area contributed by atoms with E-state index in [2.05, 4.69) is 10.6 Å². The monoisotopic (exact) mass is 525 g/mol. The zero-order chi connectivity index (χ0) is 27.9. The minimum atomic E-state index is -1.24. The summed E-state index contributed by atoms with van der Waals surface area (Å²) in [5.41, 5.74) is 4.63. The van der Waals surface area contributed by atoms with Crippen molar-refractivity contribution in [1.82, 2.24) is 15.5 Å². The first kappa shape index (κ1) is 28.8. The van der Waals surface area contributed by atoms with Crippen molar-refractivity contribution >= 4 is 23.4 Å². The molecule has 1 aliphatic rings. The minimum Gasteiger partial charge on any atom is -0.493 e. The summed E-state index contributed by atoms with van der Waals surface area (Å²) < 4.78 is 18.9. The molecule has 0 saturated carbocycles. The van der Waals surface area contributed by atoms with Gasteiger partial charge in [0.25, 0.3) is 0 Å². The molecule has 3 amide bonds. The van der Waals surface area contributed by atoms with Crippen LogP contribution in [0.1, 0.15) is 32.3 Å². The fourth-order valence-electron chi connectivity index (χ4n) is 4.46. The lowest BCUT2D eigenvalue weighted by molar-refractivity contribution is -0.141. The van der Waals surface area contributed by atoms with E-state index in [1.54, 1.807) is 0 Å². The molecule has 1 saturated heterocycles. The van der Waals surface area contributed by atoms with Crippen molar-refractivity contribution in [2.75, 3.05) is 26.7 Å². The number of nitrogens with zero attached hydrogens (tertiary/aromatic N) is 1. The van der Waals surface area contributed by atoms with E-state index in [-0.39, 0.29) is 56.5 Å². The van der Waals surface area contributed by atoms with Crippen molar-refractivity contribution in [3.63, 3.8) is 0 Å². The van der Waals surface area contributed by atoms with Crippen molar-refractivity contribution in [1.29, 1.82) is 5.41 Å². The van der Waals surface area contributed by atoms with Crippen LogP contribution in [0.4, 0.5) is 4.39 Å². The average Bonchev–Trinajstić information content (AvgIpc) is 2.89. The van der Waals surface area contributed by atoms with Gasteiger partial charge in [-0.1, -0.05) is 30.3 Å². The van der Waals surface area contributed by atoms with Crippen LogP contribution in [0.2, 0.25) is 0 Å². The van der Waals surface area contributed by atoms with Crippen LogP contribution in [-0.2, 0) is 20.8 Å². The molecular formula is C28H36FN5O4. The molecule has 3 rings (SSSR count). The largest absolute Gasteiger partial charge is 0.493 e. The SMILES string of the molecule is CNC(=O)[C@]1(Cc2ccccc2)CN(C(=O)[C@@H](CCOc2ccc(F)cc2)NC(=O)C(C)(C)N)CCC1=N. The Morgan fingerprint density at radius 3 is 2.42 bits per heavy atom. The first-order valence-corrected chi connectivity index (χ1v) is 12.6. The molecule has 1 fully saturated rings. The smallest absolute Gasteiger partial charge is 0.245 e. The first-order chi connectivity index (χ1) is 18.0. The molecule has 204 valence electrons. The van der Waals surface area contributed by atoms with E-state index in [1.165, 1.54) is 50.1 Å². The maximum Gasteiger partial charge on any atom is 0.245 e. The molecule has 5 N–H and O–H groups in total. The van der Waals surface area contributed by atoms with E-state index in [0.29, 0.717) is 5.75 Å². The number of carbonyl (C=O) groups is 3. The normalized spacial score (nSPS) is 18.4. The lowest BCUT2D eigenvalue weighted by Crippen LogP contribution is -2.62. The molecule has 0 aliphatic carbocycles. The number of rotatable bonds is 10. The number of nitrogens with two attached hydrogens (primary N) is 1. The minimum absolute atomic E-state index is 0.00353. The Hall–Kier alpha value is -3.79. The van der Waals surface area contributed by atoms with Crippen LogP contribution in [0.5, 0.6) is 5.75 Å². The summed E-state index contributed by atoms with van der Waals surface area (Å²) in [6.07, 6.45) is 0.607. The van der Waals surface area contributed by atoms with Gasteiger partial charge in [-0.25, -0.2) is 4.39 Å². The zero-order valence-corrected chi connectivity index (χ0v) is 22.1. The molecular weight excluding hydrogens is 489 g/mol. The molecule has 2 atom stereocenters. The highest BCUT2D eigenvalue weighted by Crippen LogP contribution is 2.32. The van der Waals surface area contributed by atoms with Gasteiger partial charge >= 0.3 is 0 Å². The first-order valence-electron chi connectivity index (χ1n) is 12.6. The van der Waals surface area contributed by atoms with E-state index in [1.807, 2.05) is 30.3 Å². The summed E-state index contributed by atoms with van der Waals surface area (Å²) in [7, 11) is 1.52. The van der Waals surface area contributed by atoms with Gasteiger partial charge in [0.05, 0.1) is 12.1 Å². The Labute approximate surface area is 222 Å². The fourth-order valence-corrected chi connectivity index (χ4v) is 4.46. The fraction of sp³-hybridized carbons (Fsp3) is 0.429. The average molecular weight is 526 g/mol. The quantitative estimate of drug-likeness (QED) is 0.376. The van der Waals surface area contributed by atoms with Crippen LogP contribution in [0.3, 0.4) is 0 Å². The number of hydrogen-bond donors (Lipinski definition) is 4. The predicted octanol–water partition coefficient (Wildman–Crippen LogP) is 2.04. The number of ether oxygens (including phenoxy) is 1. The Bertz CT molecular complexity index is 1140. The number of amides is 3. The van der Waals surface area contributed by atoms with Gasteiger partial charge in [0.1, 0.15) is 23.0 Å². The molecule has 1 aliphatic heterocycles.